The summed E-state index contributed by atoms with van der Waals surface area (Å²) in [6.45, 7) is 0.505. The van der Waals surface area contributed by atoms with E-state index in [9.17, 15) is 10.1 Å². The zero-order valence-corrected chi connectivity index (χ0v) is 15.5. The summed E-state index contributed by atoms with van der Waals surface area (Å²) in [5, 5.41) is 15.2. The standard InChI is InChI=1S/C19H32ClN3O/c20-13-10-14-22-19(24)17(15-21)16-23-18-11-8-6-4-2-1-3-5-7-9-12-18/h16,18,23H,1-14H2,(H,22,24)/b17-16-. The van der Waals surface area contributed by atoms with E-state index in [1.54, 1.807) is 6.20 Å². The highest BCUT2D eigenvalue weighted by Crippen LogP contribution is 2.17. The van der Waals surface area contributed by atoms with Gasteiger partial charge in [0.1, 0.15) is 11.6 Å². The lowest BCUT2D eigenvalue weighted by Gasteiger charge is -2.18. The largest absolute Gasteiger partial charge is 0.387 e. The van der Waals surface area contributed by atoms with Crippen molar-refractivity contribution in [3.8, 4) is 6.07 Å². The number of halogens is 1. The molecule has 136 valence electrons. The van der Waals surface area contributed by atoms with Crippen molar-refractivity contribution in [2.24, 2.45) is 0 Å². The van der Waals surface area contributed by atoms with E-state index in [2.05, 4.69) is 10.6 Å². The monoisotopic (exact) mass is 353 g/mol. The van der Waals surface area contributed by atoms with Gasteiger partial charge in [0.15, 0.2) is 0 Å². The second-order valence-corrected chi connectivity index (χ2v) is 6.97. The topological polar surface area (TPSA) is 64.9 Å². The molecule has 0 bridgehead atoms. The van der Waals surface area contributed by atoms with Crippen LogP contribution in [-0.2, 0) is 4.79 Å². The average molecular weight is 354 g/mol. The third kappa shape index (κ3) is 9.82. The Morgan fingerprint density at radius 1 is 1.04 bits per heavy atom. The first kappa shape index (κ1) is 20.8. The van der Waals surface area contributed by atoms with Crippen LogP contribution in [0.2, 0.25) is 0 Å². The number of nitrogens with one attached hydrogen (secondary N) is 2. The number of nitrogens with zero attached hydrogens (tertiary/aromatic N) is 1. The molecule has 0 radical (unpaired) electrons. The van der Waals surface area contributed by atoms with Crippen LogP contribution >= 0.6 is 11.6 Å². The van der Waals surface area contributed by atoms with Crippen LogP contribution in [0, 0.1) is 11.3 Å². The van der Waals surface area contributed by atoms with Gasteiger partial charge in [0, 0.05) is 24.7 Å². The fourth-order valence-corrected chi connectivity index (χ4v) is 3.18. The maximum atomic E-state index is 11.9. The first-order valence-electron chi connectivity index (χ1n) is 9.48. The molecule has 0 unspecified atom stereocenters. The van der Waals surface area contributed by atoms with Crippen molar-refractivity contribution in [3.05, 3.63) is 11.8 Å². The van der Waals surface area contributed by atoms with Gasteiger partial charge >= 0.3 is 0 Å². The lowest BCUT2D eigenvalue weighted by Crippen LogP contribution is -2.29. The van der Waals surface area contributed by atoms with Gasteiger partial charge in [-0.2, -0.15) is 5.26 Å². The Labute approximate surface area is 152 Å². The highest BCUT2D eigenvalue weighted by atomic mass is 35.5. The molecule has 24 heavy (non-hydrogen) atoms. The number of nitriles is 1. The number of amides is 1. The minimum Gasteiger partial charge on any atom is -0.387 e. The van der Waals surface area contributed by atoms with Gasteiger partial charge in [0.25, 0.3) is 5.91 Å². The van der Waals surface area contributed by atoms with Crippen molar-refractivity contribution in [1.29, 1.82) is 5.26 Å². The second-order valence-electron chi connectivity index (χ2n) is 6.59. The van der Waals surface area contributed by atoms with Crippen LogP contribution in [0.5, 0.6) is 0 Å². The molecule has 0 saturated heterocycles. The van der Waals surface area contributed by atoms with E-state index in [-0.39, 0.29) is 11.5 Å². The second kappa shape index (κ2) is 14.2. The smallest absolute Gasteiger partial charge is 0.263 e. The Morgan fingerprint density at radius 2 is 1.58 bits per heavy atom. The molecule has 0 aliphatic heterocycles. The number of hydrogen-bond donors (Lipinski definition) is 2. The Hall–Kier alpha value is -1.21. The summed E-state index contributed by atoms with van der Waals surface area (Å²) in [4.78, 5) is 11.9. The van der Waals surface area contributed by atoms with E-state index in [1.165, 1.54) is 57.8 Å². The molecule has 4 nitrogen and oxygen atoms in total. The molecule has 0 aromatic heterocycles. The fraction of sp³-hybridized carbons (Fsp3) is 0.789. The minimum absolute atomic E-state index is 0.149. The summed E-state index contributed by atoms with van der Waals surface area (Å²) in [5.41, 5.74) is 0.149. The Morgan fingerprint density at radius 3 is 2.08 bits per heavy atom. The van der Waals surface area contributed by atoms with Crippen molar-refractivity contribution < 1.29 is 4.79 Å². The molecule has 0 aromatic carbocycles. The molecular formula is C19H32ClN3O. The molecule has 1 amide bonds. The van der Waals surface area contributed by atoms with Crippen LogP contribution in [0.15, 0.2) is 11.8 Å². The summed E-state index contributed by atoms with van der Waals surface area (Å²) in [5.74, 6) is 0.190. The number of hydrogen-bond acceptors (Lipinski definition) is 3. The van der Waals surface area contributed by atoms with E-state index in [4.69, 9.17) is 11.6 Å². The quantitative estimate of drug-likeness (QED) is 0.322. The third-order valence-electron chi connectivity index (χ3n) is 4.53. The van der Waals surface area contributed by atoms with Gasteiger partial charge in [0.2, 0.25) is 0 Å². The predicted molar refractivity (Wildman–Crippen MR) is 99.8 cm³/mol. The molecule has 1 aliphatic carbocycles. The molecule has 2 N–H and O–H groups in total. The molecule has 0 aromatic rings. The van der Waals surface area contributed by atoms with Crippen LogP contribution in [0.1, 0.15) is 77.0 Å². The highest BCUT2D eigenvalue weighted by Gasteiger charge is 2.11. The first-order valence-corrected chi connectivity index (χ1v) is 10.0. The minimum atomic E-state index is -0.316. The van der Waals surface area contributed by atoms with Gasteiger partial charge in [-0.3, -0.25) is 4.79 Å². The van der Waals surface area contributed by atoms with Gasteiger partial charge < -0.3 is 10.6 Å². The van der Waals surface area contributed by atoms with Gasteiger partial charge in [-0.05, 0) is 19.3 Å². The summed E-state index contributed by atoms with van der Waals surface area (Å²) in [7, 11) is 0. The van der Waals surface area contributed by atoms with Crippen LogP contribution in [-0.4, -0.2) is 24.4 Å². The maximum absolute atomic E-state index is 11.9. The van der Waals surface area contributed by atoms with Crippen LogP contribution in [0.4, 0.5) is 0 Å². The molecule has 0 heterocycles. The molecule has 1 rings (SSSR count). The zero-order valence-electron chi connectivity index (χ0n) is 14.8. The summed E-state index contributed by atoms with van der Waals surface area (Å²) >= 11 is 5.59. The number of carbonyl (C=O) groups excluding carboxylic acids is 1. The molecule has 1 saturated carbocycles. The van der Waals surface area contributed by atoms with Crippen molar-refractivity contribution in [1.82, 2.24) is 10.6 Å². The molecule has 5 heteroatoms. The Balaban J connectivity index is 2.47. The van der Waals surface area contributed by atoms with Crippen LogP contribution in [0.25, 0.3) is 0 Å². The van der Waals surface area contributed by atoms with Gasteiger partial charge in [0.05, 0.1) is 0 Å². The highest BCUT2D eigenvalue weighted by molar-refractivity contribution is 6.17. The third-order valence-corrected chi connectivity index (χ3v) is 4.80. The van der Waals surface area contributed by atoms with Gasteiger partial charge in [-0.1, -0.05) is 57.8 Å². The summed E-state index contributed by atoms with van der Waals surface area (Å²) in [6.07, 6.45) is 16.3. The lowest BCUT2D eigenvalue weighted by atomic mass is 9.98. The summed E-state index contributed by atoms with van der Waals surface area (Å²) < 4.78 is 0. The van der Waals surface area contributed by atoms with Crippen LogP contribution in [0.3, 0.4) is 0 Å². The number of carbonyl (C=O) groups is 1. The van der Waals surface area contributed by atoms with Gasteiger partial charge in [-0.15, -0.1) is 11.6 Å². The van der Waals surface area contributed by atoms with E-state index in [0.717, 1.165) is 12.8 Å². The normalized spacial score (nSPS) is 18.8. The van der Waals surface area contributed by atoms with Crippen molar-refractivity contribution >= 4 is 17.5 Å². The van der Waals surface area contributed by atoms with E-state index >= 15 is 0 Å². The number of alkyl halides is 1. The summed E-state index contributed by atoms with van der Waals surface area (Å²) in [6, 6.07) is 2.35. The van der Waals surface area contributed by atoms with E-state index < -0.39 is 0 Å². The molecule has 1 aliphatic rings. The molecule has 0 spiro atoms. The maximum Gasteiger partial charge on any atom is 0.263 e. The zero-order chi connectivity index (χ0) is 17.5. The fourth-order valence-electron chi connectivity index (χ4n) is 3.04. The molecule has 0 atom stereocenters. The number of rotatable bonds is 6. The SMILES string of the molecule is N#C/C(=C/NC1CCCCCCCCCCC1)C(=O)NCCCCl. The Bertz CT molecular complexity index is 405. The van der Waals surface area contributed by atoms with Crippen molar-refractivity contribution in [3.63, 3.8) is 0 Å². The Kier molecular flexibility index (Phi) is 12.3. The van der Waals surface area contributed by atoms with E-state index in [0.29, 0.717) is 24.9 Å². The van der Waals surface area contributed by atoms with Crippen molar-refractivity contribution in [2.45, 2.75) is 83.1 Å². The molecular weight excluding hydrogens is 322 g/mol. The predicted octanol–water partition coefficient (Wildman–Crippen LogP) is 4.40. The van der Waals surface area contributed by atoms with E-state index in [1.807, 2.05) is 6.07 Å². The van der Waals surface area contributed by atoms with Gasteiger partial charge in [-0.25, -0.2) is 0 Å². The first-order chi connectivity index (χ1) is 11.8. The van der Waals surface area contributed by atoms with Crippen molar-refractivity contribution in [2.75, 3.05) is 12.4 Å². The van der Waals surface area contributed by atoms with Crippen LogP contribution < -0.4 is 10.6 Å². The lowest BCUT2D eigenvalue weighted by molar-refractivity contribution is -0.117. The average Bonchev–Trinajstić information content (AvgIpc) is 2.57. The molecule has 1 fully saturated rings.